The topological polar surface area (TPSA) is 55.1 Å². The molecule has 0 aromatic carbocycles. The van der Waals surface area contributed by atoms with Gasteiger partial charge >= 0.3 is 6.18 Å². The molecule has 0 heterocycles. The van der Waals surface area contributed by atoms with E-state index in [0.717, 1.165) is 12.8 Å². The molecule has 0 bridgehead atoms. The molecule has 3 nitrogen and oxygen atoms in total. The van der Waals surface area contributed by atoms with Crippen LogP contribution in [0.5, 0.6) is 0 Å². The van der Waals surface area contributed by atoms with Gasteiger partial charge in [0.15, 0.2) is 0 Å². The van der Waals surface area contributed by atoms with Crippen LogP contribution >= 0.6 is 12.4 Å². The highest BCUT2D eigenvalue weighted by Crippen LogP contribution is 2.21. The third kappa shape index (κ3) is 6.17. The molecule has 1 fully saturated rings. The average Bonchev–Trinajstić information content (AvgIpc) is 2.05. The fourth-order valence-electron chi connectivity index (χ4n) is 1.72. The maximum atomic E-state index is 11.8. The Labute approximate surface area is 98.4 Å². The Morgan fingerprint density at radius 2 is 1.75 bits per heavy atom. The van der Waals surface area contributed by atoms with Gasteiger partial charge in [-0.25, -0.2) is 0 Å². The van der Waals surface area contributed by atoms with E-state index in [1.807, 2.05) is 0 Å². The van der Waals surface area contributed by atoms with Gasteiger partial charge in [-0.05, 0) is 25.7 Å². The minimum Gasteiger partial charge on any atom is -0.353 e. The van der Waals surface area contributed by atoms with Crippen LogP contribution in [0, 0.1) is 0 Å². The first-order valence-corrected chi connectivity index (χ1v) is 4.98. The van der Waals surface area contributed by atoms with Crippen molar-refractivity contribution in [3.8, 4) is 0 Å². The lowest BCUT2D eigenvalue weighted by Crippen LogP contribution is -2.41. The van der Waals surface area contributed by atoms with Crippen molar-refractivity contribution in [3.05, 3.63) is 0 Å². The number of alkyl halides is 3. The quantitative estimate of drug-likeness (QED) is 0.795. The van der Waals surface area contributed by atoms with Gasteiger partial charge in [-0.3, -0.25) is 4.79 Å². The van der Waals surface area contributed by atoms with Gasteiger partial charge in [-0.2, -0.15) is 13.2 Å². The number of carbonyl (C=O) groups excluding carboxylic acids is 1. The van der Waals surface area contributed by atoms with Crippen LogP contribution in [0.2, 0.25) is 0 Å². The highest BCUT2D eigenvalue weighted by Gasteiger charge is 2.32. The van der Waals surface area contributed by atoms with Gasteiger partial charge in [0.05, 0.1) is 0 Å². The number of nitrogens with two attached hydrogens (primary N) is 1. The SMILES string of the molecule is Cl.NC1CCC(NC(=O)CC(F)(F)F)CC1. The fraction of sp³-hybridized carbons (Fsp3) is 0.889. The van der Waals surface area contributed by atoms with Crippen LogP contribution in [0.25, 0.3) is 0 Å². The van der Waals surface area contributed by atoms with Crippen molar-refractivity contribution in [3.63, 3.8) is 0 Å². The van der Waals surface area contributed by atoms with E-state index in [4.69, 9.17) is 5.73 Å². The van der Waals surface area contributed by atoms with Crippen LogP contribution in [0.4, 0.5) is 13.2 Å². The summed E-state index contributed by atoms with van der Waals surface area (Å²) in [6.07, 6.45) is -2.95. The Kier molecular flexibility index (Phi) is 6.10. The second kappa shape index (κ2) is 6.30. The molecule has 96 valence electrons. The molecule has 0 unspecified atom stereocenters. The van der Waals surface area contributed by atoms with E-state index in [-0.39, 0.29) is 24.5 Å². The third-order valence-corrected chi connectivity index (χ3v) is 2.50. The van der Waals surface area contributed by atoms with Crippen molar-refractivity contribution >= 4 is 18.3 Å². The molecule has 1 aliphatic carbocycles. The Hall–Kier alpha value is -0.490. The number of carbonyl (C=O) groups is 1. The first-order valence-electron chi connectivity index (χ1n) is 4.98. The highest BCUT2D eigenvalue weighted by atomic mass is 35.5. The van der Waals surface area contributed by atoms with Gasteiger partial charge in [-0.15, -0.1) is 12.4 Å². The molecule has 0 aromatic rings. The minimum atomic E-state index is -4.42. The summed E-state index contributed by atoms with van der Waals surface area (Å²) in [5, 5.41) is 2.38. The molecule has 16 heavy (non-hydrogen) atoms. The van der Waals surface area contributed by atoms with E-state index < -0.39 is 18.5 Å². The first-order chi connectivity index (χ1) is 6.87. The molecule has 0 saturated heterocycles. The van der Waals surface area contributed by atoms with E-state index >= 15 is 0 Å². The van der Waals surface area contributed by atoms with Crippen molar-refractivity contribution < 1.29 is 18.0 Å². The van der Waals surface area contributed by atoms with Crippen LogP contribution in [-0.4, -0.2) is 24.2 Å². The Morgan fingerprint density at radius 3 is 2.19 bits per heavy atom. The zero-order valence-corrected chi connectivity index (χ0v) is 9.53. The van der Waals surface area contributed by atoms with Gasteiger partial charge in [-0.1, -0.05) is 0 Å². The second-order valence-corrected chi connectivity index (χ2v) is 3.97. The normalized spacial score (nSPS) is 25.8. The van der Waals surface area contributed by atoms with E-state index in [9.17, 15) is 18.0 Å². The summed E-state index contributed by atoms with van der Waals surface area (Å²) in [5.74, 6) is -0.942. The number of rotatable bonds is 2. The smallest absolute Gasteiger partial charge is 0.353 e. The van der Waals surface area contributed by atoms with Crippen molar-refractivity contribution in [2.24, 2.45) is 5.73 Å². The number of hydrogen-bond donors (Lipinski definition) is 2. The fourth-order valence-corrected chi connectivity index (χ4v) is 1.72. The summed E-state index contributed by atoms with van der Waals surface area (Å²) >= 11 is 0. The van der Waals surface area contributed by atoms with Gasteiger partial charge < -0.3 is 11.1 Å². The van der Waals surface area contributed by atoms with Crippen LogP contribution < -0.4 is 11.1 Å². The summed E-state index contributed by atoms with van der Waals surface area (Å²) in [6.45, 7) is 0. The van der Waals surface area contributed by atoms with Crippen molar-refractivity contribution in [2.75, 3.05) is 0 Å². The Bertz CT molecular complexity index is 227. The summed E-state index contributed by atoms with van der Waals surface area (Å²) in [7, 11) is 0. The predicted molar refractivity (Wildman–Crippen MR) is 56.3 cm³/mol. The molecule has 3 N–H and O–H groups in total. The Balaban J connectivity index is 0.00000225. The number of hydrogen-bond acceptors (Lipinski definition) is 2. The highest BCUT2D eigenvalue weighted by molar-refractivity contribution is 5.85. The molecule has 1 amide bonds. The summed E-state index contributed by atoms with van der Waals surface area (Å²) in [4.78, 5) is 10.9. The lowest BCUT2D eigenvalue weighted by molar-refractivity contribution is -0.154. The standard InChI is InChI=1S/C9H15F3N2O.ClH/c10-9(11,12)5-8(15)14-7-3-1-6(13)2-4-7;/h6-7H,1-5,13H2,(H,14,15);1H. The van der Waals surface area contributed by atoms with Gasteiger partial charge in [0.25, 0.3) is 0 Å². The maximum absolute atomic E-state index is 11.8. The molecule has 0 radical (unpaired) electrons. The summed E-state index contributed by atoms with van der Waals surface area (Å²) < 4.78 is 35.5. The van der Waals surface area contributed by atoms with Crippen LogP contribution in [0.1, 0.15) is 32.1 Å². The zero-order chi connectivity index (χ0) is 11.5. The van der Waals surface area contributed by atoms with Crippen molar-refractivity contribution in [1.82, 2.24) is 5.32 Å². The molecule has 0 aliphatic heterocycles. The van der Waals surface area contributed by atoms with Crippen LogP contribution in [0.15, 0.2) is 0 Å². The molecule has 7 heteroatoms. The van der Waals surface area contributed by atoms with E-state index in [2.05, 4.69) is 5.32 Å². The number of amides is 1. The Morgan fingerprint density at radius 1 is 1.25 bits per heavy atom. The molecular weight excluding hydrogens is 245 g/mol. The molecule has 0 spiro atoms. The second-order valence-electron chi connectivity index (χ2n) is 3.97. The van der Waals surface area contributed by atoms with Crippen LogP contribution in [0.3, 0.4) is 0 Å². The van der Waals surface area contributed by atoms with Gasteiger partial charge in [0.2, 0.25) is 5.91 Å². The molecule has 1 aliphatic rings. The van der Waals surface area contributed by atoms with E-state index in [0.29, 0.717) is 12.8 Å². The first kappa shape index (κ1) is 15.5. The minimum absolute atomic E-state index is 0. The zero-order valence-electron chi connectivity index (χ0n) is 8.72. The van der Waals surface area contributed by atoms with Crippen LogP contribution in [-0.2, 0) is 4.79 Å². The number of nitrogens with one attached hydrogen (secondary N) is 1. The third-order valence-electron chi connectivity index (χ3n) is 2.50. The molecule has 1 saturated carbocycles. The van der Waals surface area contributed by atoms with Gasteiger partial charge in [0.1, 0.15) is 6.42 Å². The summed E-state index contributed by atoms with van der Waals surface area (Å²) in [5.41, 5.74) is 5.64. The van der Waals surface area contributed by atoms with E-state index in [1.54, 1.807) is 0 Å². The lowest BCUT2D eigenvalue weighted by atomic mass is 9.92. The molecule has 0 aromatic heterocycles. The largest absolute Gasteiger partial charge is 0.397 e. The monoisotopic (exact) mass is 260 g/mol. The van der Waals surface area contributed by atoms with Crippen molar-refractivity contribution in [1.29, 1.82) is 0 Å². The summed E-state index contributed by atoms with van der Waals surface area (Å²) in [6, 6.07) is -0.0135. The van der Waals surface area contributed by atoms with Crippen molar-refractivity contribution in [2.45, 2.75) is 50.4 Å². The van der Waals surface area contributed by atoms with E-state index in [1.165, 1.54) is 0 Å². The number of halogens is 4. The average molecular weight is 261 g/mol. The predicted octanol–water partition coefficient (Wildman–Crippen LogP) is 1.75. The molecular formula is C9H16ClF3N2O. The molecule has 0 atom stereocenters. The maximum Gasteiger partial charge on any atom is 0.397 e. The molecule has 1 rings (SSSR count). The lowest BCUT2D eigenvalue weighted by Gasteiger charge is -2.26. The van der Waals surface area contributed by atoms with Gasteiger partial charge in [0, 0.05) is 12.1 Å².